The predicted octanol–water partition coefficient (Wildman–Crippen LogP) is 3.16. The molecule has 8 heteroatoms. The average Bonchev–Trinajstić information content (AvgIpc) is 3.22. The molecule has 0 radical (unpaired) electrons. The van der Waals surface area contributed by atoms with Crippen molar-refractivity contribution in [2.75, 3.05) is 0 Å². The number of pyridine rings is 1. The van der Waals surface area contributed by atoms with Crippen LogP contribution < -0.4 is 4.72 Å². The molecule has 2 aromatic heterocycles. The van der Waals surface area contributed by atoms with E-state index < -0.39 is 16.1 Å². The highest BCUT2D eigenvalue weighted by molar-refractivity contribution is 7.89. The number of hydrogen-bond acceptors (Lipinski definition) is 5. The summed E-state index contributed by atoms with van der Waals surface area (Å²) in [7, 11) is -3.74. The number of benzene rings is 2. The van der Waals surface area contributed by atoms with Crippen molar-refractivity contribution in [1.29, 1.82) is 0 Å². The maximum Gasteiger partial charge on any atom is 0.243 e. The maximum atomic E-state index is 13.0. The Morgan fingerprint density at radius 1 is 1.11 bits per heavy atom. The van der Waals surface area contributed by atoms with Crippen LogP contribution in [0.25, 0.3) is 16.6 Å². The molecule has 28 heavy (non-hydrogen) atoms. The van der Waals surface area contributed by atoms with E-state index >= 15 is 0 Å². The first kappa shape index (κ1) is 18.3. The number of nitrogens with one attached hydrogen (secondary N) is 1. The number of fused-ring (bicyclic) bond motifs is 1. The Balaban J connectivity index is 1.61. The van der Waals surface area contributed by atoms with Crippen LogP contribution >= 0.6 is 0 Å². The highest BCUT2D eigenvalue weighted by atomic mass is 32.2. The van der Waals surface area contributed by atoms with Gasteiger partial charge in [0.05, 0.1) is 11.2 Å². The topological polar surface area (TPSA) is 89.8 Å². The van der Waals surface area contributed by atoms with Crippen molar-refractivity contribution in [3.63, 3.8) is 0 Å². The van der Waals surface area contributed by atoms with E-state index in [1.54, 1.807) is 29.3 Å². The third-order valence-electron chi connectivity index (χ3n) is 4.51. The van der Waals surface area contributed by atoms with Gasteiger partial charge in [-0.15, -0.1) is 0 Å². The summed E-state index contributed by atoms with van der Waals surface area (Å²) in [6.07, 6.45) is 4.74. The Kier molecular flexibility index (Phi) is 4.66. The van der Waals surface area contributed by atoms with Gasteiger partial charge in [-0.1, -0.05) is 24.3 Å². The van der Waals surface area contributed by atoms with Gasteiger partial charge in [0, 0.05) is 17.6 Å². The lowest BCUT2D eigenvalue weighted by Gasteiger charge is -2.16. The Hall–Kier alpha value is -3.10. The van der Waals surface area contributed by atoms with Crippen LogP contribution in [-0.4, -0.2) is 28.2 Å². The summed E-state index contributed by atoms with van der Waals surface area (Å²) in [6.45, 7) is 3.74. The number of aryl methyl sites for hydroxylation is 1. The van der Waals surface area contributed by atoms with Crippen LogP contribution in [0.2, 0.25) is 0 Å². The summed E-state index contributed by atoms with van der Waals surface area (Å²) in [5.41, 5.74) is 3.14. The number of rotatable bonds is 5. The number of sulfonamides is 1. The maximum absolute atomic E-state index is 13.0. The lowest BCUT2D eigenvalue weighted by molar-refractivity contribution is 0.567. The van der Waals surface area contributed by atoms with Gasteiger partial charge >= 0.3 is 0 Å². The molecule has 0 spiro atoms. The van der Waals surface area contributed by atoms with Crippen LogP contribution in [-0.2, 0) is 10.0 Å². The fourth-order valence-corrected chi connectivity index (χ4v) is 4.49. The van der Waals surface area contributed by atoms with Gasteiger partial charge in [0.25, 0.3) is 0 Å². The molecule has 0 aliphatic carbocycles. The third kappa shape index (κ3) is 3.51. The predicted molar refractivity (Wildman–Crippen MR) is 107 cm³/mol. The largest absolute Gasteiger partial charge is 0.255 e. The normalized spacial score (nSPS) is 12.9. The van der Waals surface area contributed by atoms with Crippen LogP contribution in [0.5, 0.6) is 0 Å². The van der Waals surface area contributed by atoms with Gasteiger partial charge in [-0.25, -0.2) is 22.8 Å². The van der Waals surface area contributed by atoms with Crippen LogP contribution in [0.4, 0.5) is 0 Å². The van der Waals surface area contributed by atoms with Gasteiger partial charge in [-0.2, -0.15) is 5.10 Å². The molecule has 0 saturated carbocycles. The van der Waals surface area contributed by atoms with Gasteiger partial charge < -0.3 is 0 Å². The Morgan fingerprint density at radius 3 is 2.61 bits per heavy atom. The smallest absolute Gasteiger partial charge is 0.243 e. The Bertz CT molecular complexity index is 1220. The third-order valence-corrected chi connectivity index (χ3v) is 6.08. The number of nitrogens with zero attached hydrogens (tertiary/aromatic N) is 4. The molecule has 0 saturated heterocycles. The van der Waals surface area contributed by atoms with Gasteiger partial charge in [-0.05, 0) is 49.2 Å². The van der Waals surface area contributed by atoms with E-state index in [4.69, 9.17) is 0 Å². The zero-order chi connectivity index (χ0) is 19.7. The minimum Gasteiger partial charge on any atom is -0.255 e. The average molecular weight is 393 g/mol. The number of hydrogen-bond donors (Lipinski definition) is 1. The van der Waals surface area contributed by atoms with E-state index in [0.717, 1.165) is 22.2 Å². The first-order valence-electron chi connectivity index (χ1n) is 8.77. The van der Waals surface area contributed by atoms with E-state index in [9.17, 15) is 8.42 Å². The van der Waals surface area contributed by atoms with Crippen LogP contribution in [0.15, 0.2) is 72.3 Å². The van der Waals surface area contributed by atoms with Crippen LogP contribution in [0.1, 0.15) is 24.1 Å². The second-order valence-electron chi connectivity index (χ2n) is 6.62. The molecule has 0 fully saturated rings. The monoisotopic (exact) mass is 393 g/mol. The van der Waals surface area contributed by atoms with Crippen LogP contribution in [0, 0.1) is 6.92 Å². The van der Waals surface area contributed by atoms with Crippen molar-refractivity contribution in [2.24, 2.45) is 0 Å². The standard InChI is InChI=1S/C20H19N5O2S/c1-14-10-17-4-3-5-19(20(17)22-11-14)28(26,27)24-15(2)16-6-8-18(9-7-16)25-13-21-12-23-25/h3-13,15,24H,1-2H3/t15-/m1/s1. The molecule has 4 rings (SSSR count). The lowest BCUT2D eigenvalue weighted by Crippen LogP contribution is -2.27. The molecule has 0 bridgehead atoms. The van der Waals surface area contributed by atoms with Crippen molar-refractivity contribution in [3.8, 4) is 5.69 Å². The second-order valence-corrected chi connectivity index (χ2v) is 8.30. The fourth-order valence-electron chi connectivity index (χ4n) is 3.08. The molecule has 142 valence electrons. The second kappa shape index (κ2) is 7.14. The van der Waals surface area contributed by atoms with Crippen molar-refractivity contribution >= 4 is 20.9 Å². The van der Waals surface area contributed by atoms with Crippen molar-refractivity contribution in [2.45, 2.75) is 24.8 Å². The van der Waals surface area contributed by atoms with Gasteiger partial charge in [-0.3, -0.25) is 4.98 Å². The minimum absolute atomic E-state index is 0.177. The molecular formula is C20H19N5O2S. The van der Waals surface area contributed by atoms with Crippen molar-refractivity contribution < 1.29 is 8.42 Å². The molecular weight excluding hydrogens is 374 g/mol. The number of aromatic nitrogens is 4. The molecule has 0 aliphatic heterocycles. The Morgan fingerprint density at radius 2 is 1.89 bits per heavy atom. The first-order valence-corrected chi connectivity index (χ1v) is 10.2. The minimum atomic E-state index is -3.74. The molecule has 2 aromatic carbocycles. The van der Waals surface area contributed by atoms with E-state index in [2.05, 4.69) is 19.8 Å². The van der Waals surface area contributed by atoms with E-state index in [0.29, 0.717) is 5.52 Å². The van der Waals surface area contributed by atoms with Crippen molar-refractivity contribution in [3.05, 3.63) is 78.5 Å². The lowest BCUT2D eigenvalue weighted by atomic mass is 10.1. The SMILES string of the molecule is Cc1cnc2c(S(=O)(=O)N[C@H](C)c3ccc(-n4cncn4)cc3)cccc2c1. The molecule has 4 aromatic rings. The zero-order valence-corrected chi connectivity index (χ0v) is 16.3. The summed E-state index contributed by atoms with van der Waals surface area (Å²) >= 11 is 0. The van der Waals surface area contributed by atoms with Crippen molar-refractivity contribution in [1.82, 2.24) is 24.5 Å². The van der Waals surface area contributed by atoms with E-state index in [-0.39, 0.29) is 4.90 Å². The molecule has 2 heterocycles. The summed E-state index contributed by atoms with van der Waals surface area (Å²) in [4.78, 5) is 8.43. The molecule has 0 unspecified atom stereocenters. The summed E-state index contributed by atoms with van der Waals surface area (Å²) < 4.78 is 30.4. The number of para-hydroxylation sites is 1. The molecule has 1 N–H and O–H groups in total. The molecule has 1 atom stereocenters. The van der Waals surface area contributed by atoms with Gasteiger partial charge in [0.1, 0.15) is 17.6 Å². The highest BCUT2D eigenvalue weighted by Crippen LogP contribution is 2.24. The zero-order valence-electron chi connectivity index (χ0n) is 15.4. The quantitative estimate of drug-likeness (QED) is 0.562. The Labute approximate surface area is 163 Å². The van der Waals surface area contributed by atoms with Crippen LogP contribution in [0.3, 0.4) is 0 Å². The molecule has 0 aliphatic rings. The first-order chi connectivity index (χ1) is 13.4. The van der Waals surface area contributed by atoms with Gasteiger partial charge in [0.2, 0.25) is 10.0 Å². The van der Waals surface area contributed by atoms with E-state index in [1.165, 1.54) is 6.33 Å². The van der Waals surface area contributed by atoms with Gasteiger partial charge in [0.15, 0.2) is 0 Å². The highest BCUT2D eigenvalue weighted by Gasteiger charge is 2.21. The summed E-state index contributed by atoms with van der Waals surface area (Å²) in [5.74, 6) is 0. The molecule has 0 amide bonds. The molecule has 7 nitrogen and oxygen atoms in total. The van der Waals surface area contributed by atoms with E-state index in [1.807, 2.05) is 50.2 Å². The fraction of sp³-hybridized carbons (Fsp3) is 0.150. The summed E-state index contributed by atoms with van der Waals surface area (Å²) in [5, 5.41) is 4.88. The summed E-state index contributed by atoms with van der Waals surface area (Å²) in [6, 6.07) is 14.2.